The normalized spacial score (nSPS) is 13.8. The number of carbonyl (C=O) groups excluding carboxylic acids is 2. The van der Waals surface area contributed by atoms with E-state index in [0.717, 1.165) is 5.56 Å². The number of aromatic nitrogens is 3. The summed E-state index contributed by atoms with van der Waals surface area (Å²) in [5, 5.41) is 22.4. The number of nitrogens with one attached hydrogen (secondary N) is 3. The average molecular weight is 525 g/mol. The molecule has 3 heterocycles. The van der Waals surface area contributed by atoms with Crippen molar-refractivity contribution in [1.82, 2.24) is 14.8 Å². The molecule has 0 atom stereocenters. The molecule has 11 nitrogen and oxygen atoms in total. The van der Waals surface area contributed by atoms with E-state index < -0.39 is 23.4 Å². The number of anilines is 5. The molecular formula is C26H33FN8O3. The van der Waals surface area contributed by atoms with Crippen molar-refractivity contribution >= 4 is 40.6 Å². The lowest BCUT2D eigenvalue weighted by Crippen LogP contribution is -2.58. The molecule has 1 aromatic carbocycles. The van der Waals surface area contributed by atoms with Gasteiger partial charge < -0.3 is 21.1 Å². The van der Waals surface area contributed by atoms with Crippen LogP contribution >= 0.6 is 0 Å². The first-order valence-electron chi connectivity index (χ1n) is 12.2. The van der Waals surface area contributed by atoms with E-state index in [1.54, 1.807) is 44.0 Å². The monoisotopic (exact) mass is 524 g/mol. The molecule has 4 N–H and O–H groups in total. The van der Waals surface area contributed by atoms with Gasteiger partial charge >= 0.3 is 12.1 Å². The zero-order valence-corrected chi connectivity index (χ0v) is 22.3. The van der Waals surface area contributed by atoms with E-state index in [0.29, 0.717) is 22.9 Å². The van der Waals surface area contributed by atoms with Crippen LogP contribution in [0.2, 0.25) is 0 Å². The summed E-state index contributed by atoms with van der Waals surface area (Å²) in [6.45, 7) is 9.32. The Morgan fingerprint density at radius 2 is 1.87 bits per heavy atom. The van der Waals surface area contributed by atoms with Crippen molar-refractivity contribution in [3.8, 4) is 0 Å². The van der Waals surface area contributed by atoms with Crippen molar-refractivity contribution in [1.29, 1.82) is 0 Å². The number of amides is 4. The number of carbonyl (C=O) groups is 2. The Labute approximate surface area is 220 Å². The van der Waals surface area contributed by atoms with E-state index in [2.05, 4.69) is 26.0 Å². The van der Waals surface area contributed by atoms with Crippen LogP contribution < -0.4 is 25.8 Å². The van der Waals surface area contributed by atoms with Crippen LogP contribution in [0.5, 0.6) is 0 Å². The van der Waals surface area contributed by atoms with Crippen LogP contribution in [0.15, 0.2) is 42.9 Å². The molecular weight excluding hydrogens is 491 g/mol. The average Bonchev–Trinajstić information content (AvgIpc) is 3.33. The Morgan fingerprint density at radius 3 is 2.50 bits per heavy atom. The standard InChI is InChI=1S/C26H33FN8O3/c1-25(2,3)34-14-17(12-30-34)31-23(37)32-20-9-18(7-8-19(20)27)33-13-16-11-29-22(28-6)10-21(16)35(24(33)38)26(4,5)15-36/h7-12,14,36H,13,15H2,1-6H3,(H,28,29)(H2,31,32,37). The Morgan fingerprint density at radius 1 is 1.13 bits per heavy atom. The van der Waals surface area contributed by atoms with Crippen LogP contribution in [0.1, 0.15) is 40.2 Å². The van der Waals surface area contributed by atoms with Crippen molar-refractivity contribution in [3.63, 3.8) is 0 Å². The number of benzene rings is 1. The highest BCUT2D eigenvalue weighted by atomic mass is 19.1. The molecule has 0 spiro atoms. The Kier molecular flexibility index (Phi) is 7.02. The maximum Gasteiger partial charge on any atom is 0.329 e. The number of halogens is 1. The summed E-state index contributed by atoms with van der Waals surface area (Å²) in [5.41, 5.74) is 0.895. The van der Waals surface area contributed by atoms with E-state index in [-0.39, 0.29) is 24.4 Å². The minimum absolute atomic E-state index is 0.0987. The first-order valence-corrected chi connectivity index (χ1v) is 12.2. The molecule has 2 aromatic heterocycles. The zero-order chi connectivity index (χ0) is 27.8. The van der Waals surface area contributed by atoms with Crippen molar-refractivity contribution in [2.24, 2.45) is 0 Å². The number of nitrogens with zero attached hydrogens (tertiary/aromatic N) is 5. The number of pyridine rings is 1. The summed E-state index contributed by atoms with van der Waals surface area (Å²) >= 11 is 0. The minimum Gasteiger partial charge on any atom is -0.394 e. The number of urea groups is 2. The fraction of sp³-hybridized carbons (Fsp3) is 0.385. The van der Waals surface area contributed by atoms with Crippen LogP contribution in [0, 0.1) is 5.82 Å². The fourth-order valence-corrected chi connectivity index (χ4v) is 4.07. The summed E-state index contributed by atoms with van der Waals surface area (Å²) < 4.78 is 16.4. The molecule has 0 fully saturated rings. The van der Waals surface area contributed by atoms with Crippen molar-refractivity contribution in [3.05, 3.63) is 54.2 Å². The minimum atomic E-state index is -0.935. The highest BCUT2D eigenvalue weighted by Crippen LogP contribution is 2.38. The number of aliphatic hydroxyl groups excluding tert-OH is 1. The molecule has 4 rings (SSSR count). The van der Waals surface area contributed by atoms with Gasteiger partial charge in [-0.2, -0.15) is 5.10 Å². The van der Waals surface area contributed by atoms with Gasteiger partial charge in [-0.3, -0.25) is 14.5 Å². The van der Waals surface area contributed by atoms with Crippen LogP contribution in [-0.4, -0.2) is 51.1 Å². The maximum absolute atomic E-state index is 14.7. The molecule has 0 saturated heterocycles. The topological polar surface area (TPSA) is 128 Å². The Hall–Kier alpha value is -4.19. The molecule has 12 heteroatoms. The summed E-state index contributed by atoms with van der Waals surface area (Å²) in [4.78, 5) is 33.7. The third-order valence-electron chi connectivity index (χ3n) is 6.24. The number of fused-ring (bicyclic) bond motifs is 1. The van der Waals surface area contributed by atoms with E-state index >= 15 is 0 Å². The summed E-state index contributed by atoms with van der Waals surface area (Å²) in [6, 6.07) is 4.75. The molecule has 38 heavy (non-hydrogen) atoms. The Balaban J connectivity index is 1.61. The largest absolute Gasteiger partial charge is 0.394 e. The van der Waals surface area contributed by atoms with Gasteiger partial charge in [-0.25, -0.2) is 19.0 Å². The summed E-state index contributed by atoms with van der Waals surface area (Å²) in [5.74, 6) is -0.0805. The quantitative estimate of drug-likeness (QED) is 0.374. The van der Waals surface area contributed by atoms with Crippen LogP contribution in [0.4, 0.5) is 42.5 Å². The van der Waals surface area contributed by atoms with Gasteiger partial charge in [0, 0.05) is 36.8 Å². The number of rotatable bonds is 6. The first kappa shape index (κ1) is 26.9. The van der Waals surface area contributed by atoms with E-state index in [4.69, 9.17) is 0 Å². The molecule has 4 amide bonds. The van der Waals surface area contributed by atoms with E-state index in [1.807, 2.05) is 20.8 Å². The molecule has 3 aromatic rings. The predicted octanol–water partition coefficient (Wildman–Crippen LogP) is 4.58. The SMILES string of the molecule is CNc1cc2c(cn1)CN(c1ccc(F)c(NC(=O)Nc3cnn(C(C)(C)C)c3)c1)C(=O)N2C(C)(C)CO. The molecule has 0 bridgehead atoms. The molecule has 0 aliphatic carbocycles. The van der Waals surface area contributed by atoms with E-state index in [1.165, 1.54) is 34.2 Å². The third-order valence-corrected chi connectivity index (χ3v) is 6.24. The van der Waals surface area contributed by atoms with Crippen molar-refractivity contribution < 1.29 is 19.1 Å². The number of aliphatic hydroxyl groups is 1. The van der Waals surface area contributed by atoms with E-state index in [9.17, 15) is 19.1 Å². The van der Waals surface area contributed by atoms with Gasteiger partial charge in [0.1, 0.15) is 11.6 Å². The third kappa shape index (κ3) is 5.25. The molecule has 1 aliphatic rings. The lowest BCUT2D eigenvalue weighted by atomic mass is 9.99. The molecule has 202 valence electrons. The van der Waals surface area contributed by atoms with Gasteiger partial charge in [-0.05, 0) is 52.8 Å². The maximum atomic E-state index is 14.7. The zero-order valence-electron chi connectivity index (χ0n) is 22.3. The van der Waals surface area contributed by atoms with Gasteiger partial charge in [0.2, 0.25) is 0 Å². The molecule has 0 radical (unpaired) electrons. The number of hydrogen-bond acceptors (Lipinski definition) is 6. The van der Waals surface area contributed by atoms with Gasteiger partial charge in [0.05, 0.1) is 47.5 Å². The second kappa shape index (κ2) is 9.93. The fourth-order valence-electron chi connectivity index (χ4n) is 4.07. The highest BCUT2D eigenvalue weighted by Gasteiger charge is 2.40. The lowest BCUT2D eigenvalue weighted by Gasteiger charge is -2.44. The van der Waals surface area contributed by atoms with Gasteiger partial charge in [0.15, 0.2) is 0 Å². The summed E-state index contributed by atoms with van der Waals surface area (Å²) in [7, 11) is 1.73. The van der Waals surface area contributed by atoms with Gasteiger partial charge in [-0.1, -0.05) is 0 Å². The first-order chi connectivity index (χ1) is 17.8. The van der Waals surface area contributed by atoms with Crippen LogP contribution in [0.3, 0.4) is 0 Å². The van der Waals surface area contributed by atoms with Crippen molar-refractivity contribution in [2.45, 2.75) is 52.2 Å². The second-order valence-corrected chi connectivity index (χ2v) is 10.7. The second-order valence-electron chi connectivity index (χ2n) is 10.7. The Bertz CT molecular complexity index is 1360. The van der Waals surface area contributed by atoms with Crippen LogP contribution in [-0.2, 0) is 12.1 Å². The smallest absolute Gasteiger partial charge is 0.329 e. The van der Waals surface area contributed by atoms with Crippen molar-refractivity contribution in [2.75, 3.05) is 39.4 Å². The highest BCUT2D eigenvalue weighted by molar-refractivity contribution is 6.08. The molecule has 0 unspecified atom stereocenters. The predicted molar refractivity (Wildman–Crippen MR) is 145 cm³/mol. The van der Waals surface area contributed by atoms with Gasteiger partial charge in [0.25, 0.3) is 0 Å². The van der Waals surface area contributed by atoms with Crippen LogP contribution in [0.25, 0.3) is 0 Å². The molecule has 1 aliphatic heterocycles. The van der Waals surface area contributed by atoms with Gasteiger partial charge in [-0.15, -0.1) is 0 Å². The molecule has 0 saturated carbocycles. The number of hydrogen-bond donors (Lipinski definition) is 4. The summed E-state index contributed by atoms with van der Waals surface area (Å²) in [6.07, 6.45) is 4.85. The lowest BCUT2D eigenvalue weighted by molar-refractivity contribution is 0.202.